The van der Waals surface area contributed by atoms with Crippen molar-refractivity contribution in [2.75, 3.05) is 0 Å². The van der Waals surface area contributed by atoms with Crippen molar-refractivity contribution < 1.29 is 5.11 Å². The molecule has 0 atom stereocenters. The normalized spacial score (nSPS) is 11.9. The van der Waals surface area contributed by atoms with E-state index >= 15 is 0 Å². The average molecular weight is 252 g/mol. The Labute approximate surface area is 91.6 Å². The molecule has 0 saturated heterocycles. The molecule has 2 nitrogen and oxygen atoms in total. The van der Waals surface area contributed by atoms with Crippen LogP contribution in [0.3, 0.4) is 0 Å². The number of nitriles is 1. The van der Waals surface area contributed by atoms with Crippen LogP contribution in [0.25, 0.3) is 5.57 Å². The van der Waals surface area contributed by atoms with Crippen LogP contribution in [-0.4, -0.2) is 5.11 Å². The second-order valence-electron chi connectivity index (χ2n) is 3.03. The summed E-state index contributed by atoms with van der Waals surface area (Å²) < 4.78 is 0.964. The van der Waals surface area contributed by atoms with Gasteiger partial charge in [-0.15, -0.1) is 0 Å². The lowest BCUT2D eigenvalue weighted by molar-refractivity contribution is 0.418. The lowest BCUT2D eigenvalue weighted by atomic mass is 10.0. The van der Waals surface area contributed by atoms with Gasteiger partial charge in [0.2, 0.25) is 0 Å². The zero-order chi connectivity index (χ0) is 10.7. The summed E-state index contributed by atoms with van der Waals surface area (Å²) in [6, 6.07) is 7.57. The molecule has 0 spiro atoms. The zero-order valence-corrected chi connectivity index (χ0v) is 9.59. The van der Waals surface area contributed by atoms with Crippen LogP contribution in [0.5, 0.6) is 0 Å². The molecule has 0 unspecified atom stereocenters. The van der Waals surface area contributed by atoms with Gasteiger partial charge in [-0.3, -0.25) is 0 Å². The molecular formula is C11H10BrNO. The zero-order valence-electron chi connectivity index (χ0n) is 8.00. The third kappa shape index (κ3) is 2.15. The van der Waals surface area contributed by atoms with Crippen molar-refractivity contribution in [1.82, 2.24) is 0 Å². The molecule has 0 aliphatic carbocycles. The fourth-order valence-corrected chi connectivity index (χ4v) is 1.72. The number of hydrogen-bond donors (Lipinski definition) is 1. The molecule has 3 heteroatoms. The first kappa shape index (κ1) is 10.8. The minimum atomic E-state index is 0.0536. The first-order valence-corrected chi connectivity index (χ1v) is 4.92. The van der Waals surface area contributed by atoms with E-state index in [0.29, 0.717) is 5.57 Å². The summed E-state index contributed by atoms with van der Waals surface area (Å²) in [5.41, 5.74) is 2.06. The Hall–Kier alpha value is -1.27. The molecule has 0 aromatic heterocycles. The summed E-state index contributed by atoms with van der Waals surface area (Å²) >= 11 is 3.34. The van der Waals surface area contributed by atoms with E-state index < -0.39 is 0 Å². The second-order valence-corrected chi connectivity index (χ2v) is 3.95. The summed E-state index contributed by atoms with van der Waals surface area (Å²) in [5.74, 6) is 0.0536. The maximum absolute atomic E-state index is 9.30. The van der Waals surface area contributed by atoms with Crippen LogP contribution in [-0.2, 0) is 0 Å². The lowest BCUT2D eigenvalue weighted by Crippen LogP contribution is -1.90. The predicted octanol–water partition coefficient (Wildman–Crippen LogP) is 3.57. The number of rotatable bonds is 1. The monoisotopic (exact) mass is 251 g/mol. The number of aryl methyl sites for hydroxylation is 1. The number of nitrogens with zero attached hydrogens (tertiary/aromatic N) is 1. The van der Waals surface area contributed by atoms with Crippen LogP contribution >= 0.6 is 15.9 Å². The van der Waals surface area contributed by atoms with E-state index in [0.717, 1.165) is 15.6 Å². The first-order valence-electron chi connectivity index (χ1n) is 4.12. The third-order valence-corrected chi connectivity index (χ3v) is 2.42. The van der Waals surface area contributed by atoms with Crippen LogP contribution in [0.4, 0.5) is 0 Å². The highest BCUT2D eigenvalue weighted by molar-refractivity contribution is 9.10. The van der Waals surface area contributed by atoms with Gasteiger partial charge in [0.05, 0.1) is 5.57 Å². The minimum Gasteiger partial charge on any atom is -0.511 e. The molecule has 0 amide bonds. The van der Waals surface area contributed by atoms with E-state index in [4.69, 9.17) is 5.26 Å². The van der Waals surface area contributed by atoms with Gasteiger partial charge < -0.3 is 5.11 Å². The van der Waals surface area contributed by atoms with Crippen molar-refractivity contribution in [3.05, 3.63) is 39.6 Å². The van der Waals surface area contributed by atoms with Gasteiger partial charge >= 0.3 is 0 Å². The van der Waals surface area contributed by atoms with Crippen LogP contribution < -0.4 is 0 Å². The molecule has 0 heterocycles. The molecule has 0 saturated carbocycles. The molecule has 1 aromatic rings. The molecule has 0 radical (unpaired) electrons. The van der Waals surface area contributed by atoms with Crippen LogP contribution in [0.2, 0.25) is 0 Å². The molecule has 0 aliphatic heterocycles. The van der Waals surface area contributed by atoms with E-state index in [9.17, 15) is 5.11 Å². The Morgan fingerprint density at radius 2 is 2.14 bits per heavy atom. The van der Waals surface area contributed by atoms with Gasteiger partial charge in [-0.2, -0.15) is 5.26 Å². The molecule has 72 valence electrons. The van der Waals surface area contributed by atoms with E-state index in [1.807, 2.05) is 31.2 Å². The number of allylic oxidation sites excluding steroid dienone is 2. The maximum Gasteiger partial charge on any atom is 0.107 e. The van der Waals surface area contributed by atoms with E-state index in [2.05, 4.69) is 15.9 Å². The molecule has 14 heavy (non-hydrogen) atoms. The van der Waals surface area contributed by atoms with Gasteiger partial charge in [0.25, 0.3) is 0 Å². The highest BCUT2D eigenvalue weighted by Gasteiger charge is 2.07. The van der Waals surface area contributed by atoms with Gasteiger partial charge in [0.1, 0.15) is 11.8 Å². The summed E-state index contributed by atoms with van der Waals surface area (Å²) in [5, 5.41) is 18.2. The molecule has 0 fully saturated rings. The maximum atomic E-state index is 9.30. The SMILES string of the molecule is C/C(O)=C(/C#N)c1ccc(Br)cc1C. The standard InChI is InChI=1S/C11H10BrNO/c1-7-5-9(12)3-4-10(7)11(6-13)8(2)14/h3-5,14H,1-2H3/b11-8+. The highest BCUT2D eigenvalue weighted by atomic mass is 79.9. The largest absolute Gasteiger partial charge is 0.511 e. The van der Waals surface area contributed by atoms with Crippen LogP contribution in [0, 0.1) is 18.3 Å². The topological polar surface area (TPSA) is 44.0 Å². The fraction of sp³-hybridized carbons (Fsp3) is 0.182. The van der Waals surface area contributed by atoms with Crippen LogP contribution in [0.15, 0.2) is 28.4 Å². The van der Waals surface area contributed by atoms with Crippen molar-refractivity contribution >= 4 is 21.5 Å². The Bertz CT molecular complexity index is 425. The number of hydrogen-bond acceptors (Lipinski definition) is 2. The quantitative estimate of drug-likeness (QED) is 0.613. The average Bonchev–Trinajstić information content (AvgIpc) is 2.09. The molecule has 1 aromatic carbocycles. The number of aliphatic hydroxyl groups is 1. The van der Waals surface area contributed by atoms with Gasteiger partial charge in [-0.25, -0.2) is 0 Å². The van der Waals surface area contributed by atoms with Gasteiger partial charge in [-0.1, -0.05) is 22.0 Å². The number of halogens is 1. The molecule has 0 aliphatic rings. The van der Waals surface area contributed by atoms with Crippen LogP contribution in [0.1, 0.15) is 18.1 Å². The number of benzene rings is 1. The fourth-order valence-electron chi connectivity index (χ4n) is 1.24. The molecule has 0 bridgehead atoms. The Morgan fingerprint density at radius 3 is 2.57 bits per heavy atom. The Balaban J connectivity index is 3.35. The summed E-state index contributed by atoms with van der Waals surface area (Å²) in [6.45, 7) is 3.42. The molecule has 1 rings (SSSR count). The third-order valence-electron chi connectivity index (χ3n) is 1.93. The highest BCUT2D eigenvalue weighted by Crippen LogP contribution is 2.23. The van der Waals surface area contributed by atoms with E-state index in [1.54, 1.807) is 0 Å². The lowest BCUT2D eigenvalue weighted by Gasteiger charge is -2.05. The van der Waals surface area contributed by atoms with Crippen molar-refractivity contribution in [2.24, 2.45) is 0 Å². The van der Waals surface area contributed by atoms with Gasteiger partial charge in [-0.05, 0) is 37.1 Å². The predicted molar refractivity (Wildman–Crippen MR) is 59.7 cm³/mol. The Kier molecular flexibility index (Phi) is 3.32. The Morgan fingerprint density at radius 1 is 1.50 bits per heavy atom. The van der Waals surface area contributed by atoms with E-state index in [-0.39, 0.29) is 5.76 Å². The second kappa shape index (κ2) is 4.30. The smallest absolute Gasteiger partial charge is 0.107 e. The molecular weight excluding hydrogens is 242 g/mol. The van der Waals surface area contributed by atoms with Gasteiger partial charge in [0, 0.05) is 4.47 Å². The van der Waals surface area contributed by atoms with Crippen molar-refractivity contribution in [1.29, 1.82) is 5.26 Å². The van der Waals surface area contributed by atoms with E-state index in [1.165, 1.54) is 6.92 Å². The minimum absolute atomic E-state index is 0.0536. The van der Waals surface area contributed by atoms with Crippen molar-refractivity contribution in [3.8, 4) is 6.07 Å². The summed E-state index contributed by atoms with van der Waals surface area (Å²) in [7, 11) is 0. The molecule has 1 N–H and O–H groups in total. The number of aliphatic hydroxyl groups excluding tert-OH is 1. The van der Waals surface area contributed by atoms with Gasteiger partial charge in [0.15, 0.2) is 0 Å². The summed E-state index contributed by atoms with van der Waals surface area (Å²) in [4.78, 5) is 0. The first-order chi connectivity index (χ1) is 6.56. The summed E-state index contributed by atoms with van der Waals surface area (Å²) in [6.07, 6.45) is 0. The van der Waals surface area contributed by atoms with Crippen molar-refractivity contribution in [3.63, 3.8) is 0 Å². The van der Waals surface area contributed by atoms with Crippen molar-refractivity contribution in [2.45, 2.75) is 13.8 Å².